The van der Waals surface area contributed by atoms with Crippen molar-refractivity contribution in [1.82, 2.24) is 24.9 Å². The van der Waals surface area contributed by atoms with Crippen LogP contribution in [0.3, 0.4) is 0 Å². The second kappa shape index (κ2) is 5.45. The first-order valence-electron chi connectivity index (χ1n) is 6.86. The van der Waals surface area contributed by atoms with Crippen LogP contribution in [0.1, 0.15) is 0 Å². The molecule has 0 atom stereocenters. The molecule has 6 nitrogen and oxygen atoms in total. The van der Waals surface area contributed by atoms with Gasteiger partial charge in [0.15, 0.2) is 5.82 Å². The molecule has 0 radical (unpaired) electrons. The first-order valence-corrected chi connectivity index (χ1v) is 6.86. The van der Waals surface area contributed by atoms with E-state index in [0.29, 0.717) is 22.8 Å². The zero-order chi connectivity index (χ0) is 15.6. The van der Waals surface area contributed by atoms with Crippen molar-refractivity contribution in [3.8, 4) is 28.7 Å². The van der Waals surface area contributed by atoms with Crippen LogP contribution in [-0.2, 0) is 0 Å². The van der Waals surface area contributed by atoms with Crippen LogP contribution >= 0.6 is 0 Å². The quantitative estimate of drug-likeness (QED) is 0.581. The molecule has 0 fully saturated rings. The summed E-state index contributed by atoms with van der Waals surface area (Å²) in [4.78, 5) is 8.59. The Morgan fingerprint density at radius 3 is 2.74 bits per heavy atom. The van der Waals surface area contributed by atoms with Crippen LogP contribution in [0.4, 0.5) is 4.39 Å². The number of hydrogen-bond acceptors (Lipinski definition) is 5. The van der Waals surface area contributed by atoms with Crippen LogP contribution in [0, 0.1) is 5.82 Å². The molecule has 1 aromatic carbocycles. The van der Waals surface area contributed by atoms with Crippen LogP contribution < -0.4 is 0 Å². The first-order chi connectivity index (χ1) is 11.3. The highest BCUT2D eigenvalue weighted by atomic mass is 19.1. The second-order valence-electron chi connectivity index (χ2n) is 4.79. The fourth-order valence-corrected chi connectivity index (χ4v) is 2.14. The molecule has 0 saturated heterocycles. The molecule has 0 amide bonds. The third-order valence-corrected chi connectivity index (χ3v) is 3.24. The molecule has 0 aliphatic heterocycles. The normalized spacial score (nSPS) is 10.8. The van der Waals surface area contributed by atoms with E-state index >= 15 is 0 Å². The van der Waals surface area contributed by atoms with E-state index in [4.69, 9.17) is 4.52 Å². The summed E-state index contributed by atoms with van der Waals surface area (Å²) in [6.07, 6.45) is 5.12. The summed E-state index contributed by atoms with van der Waals surface area (Å²) in [5, 5.41) is 8.02. The summed E-state index contributed by atoms with van der Waals surface area (Å²) >= 11 is 0. The summed E-state index contributed by atoms with van der Waals surface area (Å²) in [7, 11) is 0. The minimum atomic E-state index is -0.354. The van der Waals surface area contributed by atoms with E-state index < -0.39 is 0 Å². The Labute approximate surface area is 130 Å². The Morgan fingerprint density at radius 1 is 1.04 bits per heavy atom. The van der Waals surface area contributed by atoms with E-state index in [2.05, 4.69) is 20.2 Å². The zero-order valence-corrected chi connectivity index (χ0v) is 11.8. The summed E-state index contributed by atoms with van der Waals surface area (Å²) in [5.41, 5.74) is 1.23. The Balaban J connectivity index is 1.64. The van der Waals surface area contributed by atoms with Gasteiger partial charge in [0, 0.05) is 29.7 Å². The van der Waals surface area contributed by atoms with Crippen molar-refractivity contribution in [2.24, 2.45) is 0 Å². The molecule has 3 aromatic heterocycles. The van der Waals surface area contributed by atoms with Crippen LogP contribution in [0.25, 0.3) is 28.7 Å². The SMILES string of the molecule is Fc1cccc(-c2nc(-c3ccc(-n4cccn4)nc3)no2)c1. The largest absolute Gasteiger partial charge is 0.334 e. The van der Waals surface area contributed by atoms with E-state index in [1.807, 2.05) is 12.1 Å². The van der Waals surface area contributed by atoms with E-state index in [9.17, 15) is 4.39 Å². The minimum absolute atomic E-state index is 0.260. The molecule has 0 spiro atoms. The van der Waals surface area contributed by atoms with E-state index in [0.717, 1.165) is 0 Å². The molecule has 23 heavy (non-hydrogen) atoms. The van der Waals surface area contributed by atoms with E-state index in [1.165, 1.54) is 12.1 Å². The van der Waals surface area contributed by atoms with E-state index in [-0.39, 0.29) is 11.7 Å². The molecule has 0 unspecified atom stereocenters. The number of aromatic nitrogens is 5. The number of rotatable bonds is 3. The number of nitrogens with zero attached hydrogens (tertiary/aromatic N) is 5. The number of benzene rings is 1. The zero-order valence-electron chi connectivity index (χ0n) is 11.8. The van der Waals surface area contributed by atoms with Gasteiger partial charge in [-0.3, -0.25) is 0 Å². The van der Waals surface area contributed by atoms with Gasteiger partial charge in [0.25, 0.3) is 5.89 Å². The highest BCUT2D eigenvalue weighted by Gasteiger charge is 2.11. The molecule has 0 bridgehead atoms. The third-order valence-electron chi connectivity index (χ3n) is 3.24. The molecule has 3 heterocycles. The predicted molar refractivity (Wildman–Crippen MR) is 80.0 cm³/mol. The lowest BCUT2D eigenvalue weighted by atomic mass is 10.2. The number of pyridine rings is 1. The summed E-state index contributed by atoms with van der Waals surface area (Å²) in [5.74, 6) is 0.986. The Hall–Kier alpha value is -3.35. The lowest BCUT2D eigenvalue weighted by molar-refractivity contribution is 0.432. The monoisotopic (exact) mass is 307 g/mol. The summed E-state index contributed by atoms with van der Waals surface area (Å²) < 4.78 is 20.1. The average Bonchev–Trinajstić information content (AvgIpc) is 3.27. The van der Waals surface area contributed by atoms with Gasteiger partial charge >= 0.3 is 0 Å². The topological polar surface area (TPSA) is 69.6 Å². The Morgan fingerprint density at radius 2 is 2.00 bits per heavy atom. The molecule has 0 aliphatic rings. The number of halogens is 1. The molecule has 112 valence electrons. The molecular formula is C16H10FN5O. The molecule has 0 saturated carbocycles. The average molecular weight is 307 g/mol. The van der Waals surface area contributed by atoms with Gasteiger partial charge in [0.1, 0.15) is 5.82 Å². The minimum Gasteiger partial charge on any atom is -0.334 e. The van der Waals surface area contributed by atoms with Crippen molar-refractivity contribution in [2.45, 2.75) is 0 Å². The molecule has 4 rings (SSSR count). The van der Waals surface area contributed by atoms with E-state index in [1.54, 1.807) is 41.5 Å². The molecule has 0 N–H and O–H groups in total. The maximum atomic E-state index is 13.3. The van der Waals surface area contributed by atoms with Crippen LogP contribution in [-0.4, -0.2) is 24.9 Å². The second-order valence-corrected chi connectivity index (χ2v) is 4.79. The lowest BCUT2D eigenvalue weighted by Crippen LogP contribution is -1.97. The van der Waals surface area contributed by atoms with Gasteiger partial charge in [-0.05, 0) is 36.4 Å². The summed E-state index contributed by atoms with van der Waals surface area (Å²) in [6, 6.07) is 11.5. The van der Waals surface area contributed by atoms with Gasteiger partial charge < -0.3 is 4.52 Å². The van der Waals surface area contributed by atoms with Gasteiger partial charge in [-0.2, -0.15) is 10.1 Å². The Kier molecular flexibility index (Phi) is 3.16. The lowest BCUT2D eigenvalue weighted by Gasteiger charge is -2.00. The van der Waals surface area contributed by atoms with Crippen molar-refractivity contribution in [1.29, 1.82) is 0 Å². The maximum Gasteiger partial charge on any atom is 0.258 e. The van der Waals surface area contributed by atoms with Crippen molar-refractivity contribution in [3.63, 3.8) is 0 Å². The highest BCUT2D eigenvalue weighted by Crippen LogP contribution is 2.22. The van der Waals surface area contributed by atoms with Crippen LogP contribution in [0.5, 0.6) is 0 Å². The fourth-order valence-electron chi connectivity index (χ4n) is 2.14. The van der Waals surface area contributed by atoms with Crippen molar-refractivity contribution >= 4 is 0 Å². The smallest absolute Gasteiger partial charge is 0.258 e. The highest BCUT2D eigenvalue weighted by molar-refractivity contribution is 5.59. The molecular weight excluding hydrogens is 297 g/mol. The van der Waals surface area contributed by atoms with Crippen LogP contribution in [0.2, 0.25) is 0 Å². The molecule has 0 aliphatic carbocycles. The van der Waals surface area contributed by atoms with Gasteiger partial charge in [-0.1, -0.05) is 11.2 Å². The van der Waals surface area contributed by atoms with Gasteiger partial charge in [-0.15, -0.1) is 0 Å². The third kappa shape index (κ3) is 2.59. The van der Waals surface area contributed by atoms with Crippen molar-refractivity contribution in [3.05, 3.63) is 66.9 Å². The molecule has 4 aromatic rings. The van der Waals surface area contributed by atoms with Gasteiger partial charge in [0.05, 0.1) is 0 Å². The van der Waals surface area contributed by atoms with Crippen LogP contribution in [0.15, 0.2) is 65.6 Å². The Bertz CT molecular complexity index is 931. The number of hydrogen-bond donors (Lipinski definition) is 0. The van der Waals surface area contributed by atoms with Crippen molar-refractivity contribution in [2.75, 3.05) is 0 Å². The summed E-state index contributed by atoms with van der Waals surface area (Å²) in [6.45, 7) is 0. The fraction of sp³-hybridized carbons (Fsp3) is 0. The molecule has 7 heteroatoms. The predicted octanol–water partition coefficient (Wildman–Crippen LogP) is 3.12. The van der Waals surface area contributed by atoms with Gasteiger partial charge in [-0.25, -0.2) is 14.1 Å². The maximum absolute atomic E-state index is 13.3. The van der Waals surface area contributed by atoms with Gasteiger partial charge in [0.2, 0.25) is 5.82 Å². The van der Waals surface area contributed by atoms with Crippen molar-refractivity contribution < 1.29 is 8.91 Å². The standard InChI is InChI=1S/C16H10FN5O/c17-13-4-1-3-11(9-13)16-20-15(21-23-16)12-5-6-14(18-10-12)22-8-2-7-19-22/h1-10H. The first kappa shape index (κ1) is 13.3.